The Morgan fingerprint density at radius 2 is 2.53 bits per heavy atom. The molecule has 15 heavy (non-hydrogen) atoms. The van der Waals surface area contributed by atoms with Crippen molar-refractivity contribution in [3.8, 4) is 0 Å². The normalized spacial score (nSPS) is 21.2. The SMILES string of the molecule is O=C(NCc1cccs1)C1CCCCN1. The van der Waals surface area contributed by atoms with Gasteiger partial charge in [-0.1, -0.05) is 12.5 Å². The van der Waals surface area contributed by atoms with Crippen LogP contribution in [0, 0.1) is 0 Å². The van der Waals surface area contributed by atoms with Gasteiger partial charge in [0.2, 0.25) is 5.91 Å². The summed E-state index contributed by atoms with van der Waals surface area (Å²) in [6.07, 6.45) is 3.31. The first-order chi connectivity index (χ1) is 7.36. The van der Waals surface area contributed by atoms with Gasteiger partial charge in [-0.3, -0.25) is 4.79 Å². The molecule has 1 atom stereocenters. The molecule has 0 aliphatic carbocycles. The molecule has 1 aromatic heterocycles. The third-order valence-corrected chi connectivity index (χ3v) is 3.52. The fourth-order valence-corrected chi connectivity index (χ4v) is 2.43. The highest BCUT2D eigenvalue weighted by atomic mass is 32.1. The van der Waals surface area contributed by atoms with Crippen LogP contribution in [0.4, 0.5) is 0 Å². The molecule has 0 saturated carbocycles. The van der Waals surface area contributed by atoms with E-state index in [1.807, 2.05) is 17.5 Å². The molecule has 0 aromatic carbocycles. The molecule has 4 heteroatoms. The zero-order chi connectivity index (χ0) is 10.5. The lowest BCUT2D eigenvalue weighted by Gasteiger charge is -2.22. The second kappa shape index (κ2) is 5.28. The number of rotatable bonds is 3. The second-order valence-corrected chi connectivity index (χ2v) is 4.83. The molecule has 2 rings (SSSR count). The van der Waals surface area contributed by atoms with Gasteiger partial charge < -0.3 is 10.6 Å². The maximum atomic E-state index is 11.7. The Balaban J connectivity index is 1.76. The first-order valence-electron chi connectivity index (χ1n) is 5.40. The van der Waals surface area contributed by atoms with Crippen molar-refractivity contribution in [3.05, 3.63) is 22.4 Å². The Hall–Kier alpha value is -0.870. The van der Waals surface area contributed by atoms with Gasteiger partial charge in [-0.25, -0.2) is 0 Å². The maximum Gasteiger partial charge on any atom is 0.237 e. The predicted octanol–water partition coefficient (Wildman–Crippen LogP) is 1.51. The Morgan fingerprint density at radius 1 is 1.60 bits per heavy atom. The van der Waals surface area contributed by atoms with E-state index in [0.717, 1.165) is 19.4 Å². The molecule has 1 amide bonds. The number of hydrogen-bond acceptors (Lipinski definition) is 3. The molecular formula is C11H16N2OS. The Kier molecular flexibility index (Phi) is 3.75. The van der Waals surface area contributed by atoms with Gasteiger partial charge in [0.05, 0.1) is 12.6 Å². The van der Waals surface area contributed by atoms with E-state index in [9.17, 15) is 4.79 Å². The van der Waals surface area contributed by atoms with Gasteiger partial charge in [0, 0.05) is 4.88 Å². The van der Waals surface area contributed by atoms with Gasteiger partial charge >= 0.3 is 0 Å². The molecule has 1 unspecified atom stereocenters. The van der Waals surface area contributed by atoms with Gasteiger partial charge in [-0.2, -0.15) is 0 Å². The van der Waals surface area contributed by atoms with E-state index in [4.69, 9.17) is 0 Å². The summed E-state index contributed by atoms with van der Waals surface area (Å²) in [7, 11) is 0. The minimum absolute atomic E-state index is 0.0266. The van der Waals surface area contributed by atoms with Gasteiger partial charge in [0.1, 0.15) is 0 Å². The van der Waals surface area contributed by atoms with Crippen molar-refractivity contribution in [2.45, 2.75) is 31.8 Å². The van der Waals surface area contributed by atoms with Crippen LogP contribution < -0.4 is 10.6 Å². The summed E-state index contributed by atoms with van der Waals surface area (Å²) in [6, 6.07) is 4.07. The van der Waals surface area contributed by atoms with Crippen molar-refractivity contribution < 1.29 is 4.79 Å². The minimum atomic E-state index is 0.0266. The van der Waals surface area contributed by atoms with E-state index in [0.29, 0.717) is 6.54 Å². The second-order valence-electron chi connectivity index (χ2n) is 3.80. The van der Waals surface area contributed by atoms with Crippen LogP contribution in [0.3, 0.4) is 0 Å². The Bertz CT molecular complexity index is 304. The lowest BCUT2D eigenvalue weighted by atomic mass is 10.0. The van der Waals surface area contributed by atoms with Gasteiger partial charge in [0.25, 0.3) is 0 Å². The fourth-order valence-electron chi connectivity index (χ4n) is 1.79. The summed E-state index contributed by atoms with van der Waals surface area (Å²) in [5.74, 6) is 0.142. The van der Waals surface area contributed by atoms with Crippen LogP contribution in [0.1, 0.15) is 24.1 Å². The molecular weight excluding hydrogens is 208 g/mol. The van der Waals surface area contributed by atoms with Gasteiger partial charge in [-0.15, -0.1) is 11.3 Å². The highest BCUT2D eigenvalue weighted by Crippen LogP contribution is 2.09. The molecule has 0 radical (unpaired) electrons. The third-order valence-electron chi connectivity index (χ3n) is 2.64. The molecule has 0 bridgehead atoms. The number of amides is 1. The summed E-state index contributed by atoms with van der Waals surface area (Å²) in [6.45, 7) is 1.63. The molecule has 82 valence electrons. The quantitative estimate of drug-likeness (QED) is 0.817. The van der Waals surface area contributed by atoms with E-state index in [1.54, 1.807) is 11.3 Å². The summed E-state index contributed by atoms with van der Waals surface area (Å²) < 4.78 is 0. The monoisotopic (exact) mass is 224 g/mol. The highest BCUT2D eigenvalue weighted by Gasteiger charge is 2.19. The van der Waals surface area contributed by atoms with E-state index in [-0.39, 0.29) is 11.9 Å². The van der Waals surface area contributed by atoms with Crippen LogP contribution in [0.25, 0.3) is 0 Å². The Morgan fingerprint density at radius 3 is 3.20 bits per heavy atom. The largest absolute Gasteiger partial charge is 0.350 e. The molecule has 2 N–H and O–H groups in total. The fraction of sp³-hybridized carbons (Fsp3) is 0.545. The zero-order valence-electron chi connectivity index (χ0n) is 8.66. The number of hydrogen-bond donors (Lipinski definition) is 2. The average Bonchev–Trinajstić information content (AvgIpc) is 2.80. The number of thiophene rings is 1. The van der Waals surface area contributed by atoms with Crippen molar-refractivity contribution in [2.24, 2.45) is 0 Å². The summed E-state index contributed by atoms with van der Waals surface area (Å²) in [5, 5.41) is 8.23. The van der Waals surface area contributed by atoms with Crippen LogP contribution in [0.5, 0.6) is 0 Å². The zero-order valence-corrected chi connectivity index (χ0v) is 9.48. The molecule has 0 spiro atoms. The molecule has 2 heterocycles. The van der Waals surface area contributed by atoms with Crippen molar-refractivity contribution in [1.82, 2.24) is 10.6 Å². The van der Waals surface area contributed by atoms with Crippen LogP contribution in [-0.4, -0.2) is 18.5 Å². The summed E-state index contributed by atoms with van der Waals surface area (Å²) >= 11 is 1.68. The van der Waals surface area contributed by atoms with E-state index >= 15 is 0 Å². The molecule has 1 fully saturated rings. The lowest BCUT2D eigenvalue weighted by molar-refractivity contribution is -0.123. The lowest BCUT2D eigenvalue weighted by Crippen LogP contribution is -2.46. The number of piperidine rings is 1. The maximum absolute atomic E-state index is 11.7. The van der Waals surface area contributed by atoms with Crippen LogP contribution in [-0.2, 0) is 11.3 Å². The minimum Gasteiger partial charge on any atom is -0.350 e. The van der Waals surface area contributed by atoms with Crippen molar-refractivity contribution >= 4 is 17.2 Å². The predicted molar refractivity (Wildman–Crippen MR) is 61.8 cm³/mol. The average molecular weight is 224 g/mol. The van der Waals surface area contributed by atoms with E-state index in [2.05, 4.69) is 10.6 Å². The molecule has 1 aliphatic rings. The van der Waals surface area contributed by atoms with Crippen molar-refractivity contribution in [1.29, 1.82) is 0 Å². The van der Waals surface area contributed by atoms with Gasteiger partial charge in [-0.05, 0) is 30.8 Å². The molecule has 1 aliphatic heterocycles. The van der Waals surface area contributed by atoms with Crippen molar-refractivity contribution in [3.63, 3.8) is 0 Å². The van der Waals surface area contributed by atoms with Crippen LogP contribution >= 0.6 is 11.3 Å². The first-order valence-corrected chi connectivity index (χ1v) is 6.28. The van der Waals surface area contributed by atoms with E-state index in [1.165, 1.54) is 11.3 Å². The first kappa shape index (κ1) is 10.6. The molecule has 1 aromatic rings. The third kappa shape index (κ3) is 3.04. The smallest absolute Gasteiger partial charge is 0.237 e. The topological polar surface area (TPSA) is 41.1 Å². The van der Waals surface area contributed by atoms with Crippen LogP contribution in [0.2, 0.25) is 0 Å². The highest BCUT2D eigenvalue weighted by molar-refractivity contribution is 7.09. The summed E-state index contributed by atoms with van der Waals surface area (Å²) in [4.78, 5) is 12.9. The number of nitrogens with one attached hydrogen (secondary N) is 2. The number of carbonyl (C=O) groups is 1. The van der Waals surface area contributed by atoms with Gasteiger partial charge in [0.15, 0.2) is 0 Å². The molecule has 3 nitrogen and oxygen atoms in total. The summed E-state index contributed by atoms with van der Waals surface area (Å²) in [5.41, 5.74) is 0. The van der Waals surface area contributed by atoms with E-state index < -0.39 is 0 Å². The molecule has 1 saturated heterocycles. The Labute approximate surface area is 93.9 Å². The number of carbonyl (C=O) groups excluding carboxylic acids is 1. The van der Waals surface area contributed by atoms with Crippen LogP contribution in [0.15, 0.2) is 17.5 Å². The van der Waals surface area contributed by atoms with Crippen molar-refractivity contribution in [2.75, 3.05) is 6.54 Å². The standard InChI is InChI=1S/C11H16N2OS/c14-11(10-5-1-2-6-12-10)13-8-9-4-3-7-15-9/h3-4,7,10,12H,1-2,5-6,8H2,(H,13,14).